The minimum Gasteiger partial charge on any atom is -0.365 e. The number of rotatable bonds is 1. The van der Waals surface area contributed by atoms with E-state index in [2.05, 4.69) is 0 Å². The first kappa shape index (κ1) is 11.9. The van der Waals surface area contributed by atoms with E-state index in [1.165, 1.54) is 4.90 Å². The molecule has 1 aromatic rings. The van der Waals surface area contributed by atoms with Crippen LogP contribution in [0, 0.1) is 25.7 Å². The van der Waals surface area contributed by atoms with Crippen LogP contribution in [0.2, 0.25) is 0 Å². The quantitative estimate of drug-likeness (QED) is 0.576. The molecule has 102 valence electrons. The summed E-state index contributed by atoms with van der Waals surface area (Å²) in [7, 11) is 0. The lowest BCUT2D eigenvalue weighted by molar-refractivity contribution is -0.124. The summed E-state index contributed by atoms with van der Waals surface area (Å²) in [5.74, 6) is -0.911. The van der Waals surface area contributed by atoms with Crippen molar-refractivity contribution in [3.63, 3.8) is 0 Å². The SMILES string of the molecule is Cc1ccc(C)c(N2C(=O)C3C(C2=O)[C@H]2C=C[C@@H]3O2)c1. The number of imide groups is 1. The van der Waals surface area contributed by atoms with Crippen LogP contribution in [0.15, 0.2) is 30.4 Å². The lowest BCUT2D eigenvalue weighted by Crippen LogP contribution is -2.34. The number of ether oxygens (including phenoxy) is 1. The standard InChI is InChI=1S/C16H15NO3/c1-8-3-4-9(2)10(7-8)17-15(18)13-11-5-6-12(20-11)14(13)16(17)19/h3-7,11-14H,1-2H3/t11-,12+,13?,14?. The van der Waals surface area contributed by atoms with Crippen LogP contribution in [-0.4, -0.2) is 24.0 Å². The fourth-order valence-corrected chi connectivity index (χ4v) is 3.50. The van der Waals surface area contributed by atoms with Crippen molar-refractivity contribution in [2.75, 3.05) is 4.90 Å². The number of carbonyl (C=O) groups is 2. The molecule has 3 aliphatic heterocycles. The predicted molar refractivity (Wildman–Crippen MR) is 73.2 cm³/mol. The average Bonchev–Trinajstić information content (AvgIpc) is 3.08. The Labute approximate surface area is 117 Å². The highest BCUT2D eigenvalue weighted by Crippen LogP contribution is 2.46. The summed E-state index contributed by atoms with van der Waals surface area (Å²) in [6.45, 7) is 3.88. The number of nitrogens with zero attached hydrogens (tertiary/aromatic N) is 1. The van der Waals surface area contributed by atoms with Gasteiger partial charge >= 0.3 is 0 Å². The summed E-state index contributed by atoms with van der Waals surface area (Å²) in [6.07, 6.45) is 3.36. The molecule has 2 amide bonds. The third kappa shape index (κ3) is 1.34. The zero-order valence-electron chi connectivity index (χ0n) is 11.4. The Hall–Kier alpha value is -1.94. The van der Waals surface area contributed by atoms with Gasteiger partial charge in [0.15, 0.2) is 0 Å². The number of anilines is 1. The summed E-state index contributed by atoms with van der Waals surface area (Å²) >= 11 is 0. The number of hydrogen-bond donors (Lipinski definition) is 0. The van der Waals surface area contributed by atoms with E-state index in [4.69, 9.17) is 4.74 Å². The van der Waals surface area contributed by atoms with E-state index in [9.17, 15) is 9.59 Å². The monoisotopic (exact) mass is 269 g/mol. The molecule has 1 aromatic carbocycles. The van der Waals surface area contributed by atoms with Gasteiger partial charge in [0.05, 0.1) is 29.7 Å². The lowest BCUT2D eigenvalue weighted by Gasteiger charge is -2.20. The first-order chi connectivity index (χ1) is 9.58. The van der Waals surface area contributed by atoms with E-state index in [0.29, 0.717) is 5.69 Å². The van der Waals surface area contributed by atoms with Gasteiger partial charge < -0.3 is 4.74 Å². The molecule has 2 bridgehead atoms. The molecule has 4 atom stereocenters. The molecule has 2 fully saturated rings. The highest BCUT2D eigenvalue weighted by Gasteiger charge is 2.61. The van der Waals surface area contributed by atoms with Crippen LogP contribution in [0.25, 0.3) is 0 Å². The van der Waals surface area contributed by atoms with Crippen molar-refractivity contribution in [1.82, 2.24) is 0 Å². The summed E-state index contributed by atoms with van der Waals surface area (Å²) in [5, 5.41) is 0. The highest BCUT2D eigenvalue weighted by molar-refractivity contribution is 6.23. The second-order valence-electron chi connectivity index (χ2n) is 5.80. The first-order valence-electron chi connectivity index (χ1n) is 6.87. The molecule has 3 heterocycles. The molecule has 4 heteroatoms. The molecule has 0 radical (unpaired) electrons. The molecule has 20 heavy (non-hydrogen) atoms. The number of aryl methyl sites for hydroxylation is 2. The van der Waals surface area contributed by atoms with Gasteiger partial charge in [-0.2, -0.15) is 0 Å². The first-order valence-corrected chi connectivity index (χ1v) is 6.87. The maximum atomic E-state index is 12.6. The van der Waals surface area contributed by atoms with Crippen molar-refractivity contribution in [3.05, 3.63) is 41.5 Å². The second-order valence-corrected chi connectivity index (χ2v) is 5.80. The Bertz CT molecular complexity index is 634. The lowest BCUT2D eigenvalue weighted by atomic mass is 9.85. The molecule has 0 spiro atoms. The third-order valence-corrected chi connectivity index (χ3v) is 4.52. The fraction of sp³-hybridized carbons (Fsp3) is 0.375. The number of carbonyl (C=O) groups excluding carboxylic acids is 2. The summed E-state index contributed by atoms with van der Waals surface area (Å²) in [5.41, 5.74) is 2.70. The van der Waals surface area contributed by atoms with Gasteiger partial charge in [-0.05, 0) is 31.0 Å². The normalized spacial score (nSPS) is 34.2. The molecule has 0 aliphatic carbocycles. The minimum absolute atomic E-state index is 0.120. The molecule has 0 N–H and O–H groups in total. The van der Waals surface area contributed by atoms with E-state index in [1.54, 1.807) is 0 Å². The van der Waals surface area contributed by atoms with Gasteiger partial charge in [0.25, 0.3) is 0 Å². The van der Waals surface area contributed by atoms with Crippen molar-refractivity contribution >= 4 is 17.5 Å². The van der Waals surface area contributed by atoms with Crippen LogP contribution in [0.4, 0.5) is 5.69 Å². The van der Waals surface area contributed by atoms with Crippen LogP contribution in [0.3, 0.4) is 0 Å². The molecule has 0 saturated carbocycles. The van der Waals surface area contributed by atoms with E-state index in [-0.39, 0.29) is 35.9 Å². The minimum atomic E-state index is -0.336. The van der Waals surface area contributed by atoms with Gasteiger partial charge in [-0.3, -0.25) is 9.59 Å². The van der Waals surface area contributed by atoms with Crippen LogP contribution < -0.4 is 4.90 Å². The maximum Gasteiger partial charge on any atom is 0.240 e. The zero-order chi connectivity index (χ0) is 14.0. The average molecular weight is 269 g/mol. The van der Waals surface area contributed by atoms with Crippen molar-refractivity contribution in [1.29, 1.82) is 0 Å². The number of amides is 2. The molecule has 0 aromatic heterocycles. The topological polar surface area (TPSA) is 46.6 Å². The molecular weight excluding hydrogens is 254 g/mol. The van der Waals surface area contributed by atoms with Gasteiger partial charge in [-0.15, -0.1) is 0 Å². The summed E-state index contributed by atoms with van der Waals surface area (Å²) in [6, 6.07) is 5.84. The summed E-state index contributed by atoms with van der Waals surface area (Å²) in [4.78, 5) is 26.7. The maximum absolute atomic E-state index is 12.6. The number of fused-ring (bicyclic) bond motifs is 5. The Balaban J connectivity index is 1.80. The van der Waals surface area contributed by atoms with Crippen LogP contribution >= 0.6 is 0 Å². The van der Waals surface area contributed by atoms with E-state index < -0.39 is 0 Å². The molecule has 4 nitrogen and oxygen atoms in total. The van der Waals surface area contributed by atoms with E-state index in [0.717, 1.165) is 11.1 Å². The van der Waals surface area contributed by atoms with Gasteiger partial charge in [0.2, 0.25) is 11.8 Å². The highest BCUT2D eigenvalue weighted by atomic mass is 16.5. The Morgan fingerprint density at radius 2 is 1.60 bits per heavy atom. The fourth-order valence-electron chi connectivity index (χ4n) is 3.50. The Morgan fingerprint density at radius 3 is 2.20 bits per heavy atom. The van der Waals surface area contributed by atoms with Gasteiger partial charge in [0.1, 0.15) is 0 Å². The molecule has 2 saturated heterocycles. The smallest absolute Gasteiger partial charge is 0.240 e. The predicted octanol–water partition coefficient (Wildman–Crippen LogP) is 1.75. The van der Waals surface area contributed by atoms with Crippen LogP contribution in [0.1, 0.15) is 11.1 Å². The number of benzene rings is 1. The zero-order valence-corrected chi connectivity index (χ0v) is 11.4. The Kier molecular flexibility index (Phi) is 2.25. The molecule has 4 rings (SSSR count). The van der Waals surface area contributed by atoms with Crippen molar-refractivity contribution in [3.8, 4) is 0 Å². The van der Waals surface area contributed by atoms with Gasteiger partial charge in [-0.1, -0.05) is 24.3 Å². The second kappa shape index (κ2) is 3.79. The van der Waals surface area contributed by atoms with Crippen molar-refractivity contribution in [2.24, 2.45) is 11.8 Å². The van der Waals surface area contributed by atoms with Crippen LogP contribution in [-0.2, 0) is 14.3 Å². The molecule has 2 unspecified atom stereocenters. The Morgan fingerprint density at radius 1 is 1.00 bits per heavy atom. The van der Waals surface area contributed by atoms with Crippen molar-refractivity contribution < 1.29 is 14.3 Å². The summed E-state index contributed by atoms with van der Waals surface area (Å²) < 4.78 is 5.64. The third-order valence-electron chi connectivity index (χ3n) is 4.52. The van der Waals surface area contributed by atoms with E-state index >= 15 is 0 Å². The number of hydrogen-bond acceptors (Lipinski definition) is 3. The largest absolute Gasteiger partial charge is 0.365 e. The van der Waals surface area contributed by atoms with Crippen LogP contribution in [0.5, 0.6) is 0 Å². The van der Waals surface area contributed by atoms with Crippen molar-refractivity contribution in [2.45, 2.75) is 26.1 Å². The van der Waals surface area contributed by atoms with E-state index in [1.807, 2.05) is 44.2 Å². The molecule has 3 aliphatic rings. The van der Waals surface area contributed by atoms with Gasteiger partial charge in [-0.25, -0.2) is 4.90 Å². The van der Waals surface area contributed by atoms with Gasteiger partial charge in [0, 0.05) is 0 Å². The molecular formula is C16H15NO3.